The van der Waals surface area contributed by atoms with Crippen molar-refractivity contribution in [3.8, 4) is 6.07 Å². The molecule has 3 rings (SSSR count). The lowest BCUT2D eigenvalue weighted by atomic mass is 10.1. The Morgan fingerprint density at radius 2 is 2.33 bits per heavy atom. The molecule has 1 aromatic heterocycles. The molecule has 0 bridgehead atoms. The molecule has 1 atom stereocenters. The third-order valence-corrected chi connectivity index (χ3v) is 5.12. The number of hydrogen-bond donors (Lipinski definition) is 3. The molecule has 1 saturated heterocycles. The second-order valence-corrected chi connectivity index (χ2v) is 6.53. The Labute approximate surface area is 126 Å². The molecule has 6 nitrogen and oxygen atoms in total. The number of nitrogens with one attached hydrogen (secondary N) is 3. The first-order valence-corrected chi connectivity index (χ1v) is 7.94. The van der Waals surface area contributed by atoms with Crippen LogP contribution in [0.3, 0.4) is 0 Å². The molecule has 1 fully saturated rings. The highest BCUT2D eigenvalue weighted by molar-refractivity contribution is 7.16. The Balaban J connectivity index is 1.65. The van der Waals surface area contributed by atoms with Gasteiger partial charge in [0.25, 0.3) is 11.8 Å². The molecule has 1 aliphatic heterocycles. The summed E-state index contributed by atoms with van der Waals surface area (Å²) in [6.07, 6.45) is 3.03. The topological polar surface area (TPSA) is 86.4 Å². The summed E-state index contributed by atoms with van der Waals surface area (Å²) in [4.78, 5) is 25.6. The molecule has 7 heteroatoms. The Bertz CT molecular complexity index is 632. The molecule has 2 amide bonds. The van der Waals surface area contributed by atoms with Crippen molar-refractivity contribution in [2.24, 2.45) is 0 Å². The summed E-state index contributed by atoms with van der Waals surface area (Å²) in [7, 11) is 0. The minimum atomic E-state index is -0.129. The number of piperazine rings is 1. The number of anilines is 1. The van der Waals surface area contributed by atoms with Crippen LogP contribution in [0, 0.1) is 11.3 Å². The number of carbonyl (C=O) groups excluding carboxylic acids is 2. The maximum Gasteiger partial charge on any atom is 0.280 e. The highest BCUT2D eigenvalue weighted by Crippen LogP contribution is 2.38. The average Bonchev–Trinajstić information content (AvgIpc) is 2.98. The number of aryl methyl sites for hydroxylation is 1. The van der Waals surface area contributed by atoms with Gasteiger partial charge in [-0.2, -0.15) is 5.26 Å². The van der Waals surface area contributed by atoms with Crippen molar-refractivity contribution in [1.29, 1.82) is 5.26 Å². The molecular formula is C14H17N4O2S+. The number of quaternary nitrogens is 1. The average molecular weight is 305 g/mol. The SMILES string of the molecule is N#Cc1c(NC(=O)C[NH+]2CCNC(=O)C2)sc2c1CCC2. The van der Waals surface area contributed by atoms with E-state index in [0.29, 0.717) is 23.7 Å². The van der Waals surface area contributed by atoms with Gasteiger partial charge in [-0.15, -0.1) is 11.3 Å². The second kappa shape index (κ2) is 5.84. The van der Waals surface area contributed by atoms with E-state index in [1.54, 1.807) is 0 Å². The van der Waals surface area contributed by atoms with Crippen LogP contribution >= 0.6 is 11.3 Å². The summed E-state index contributed by atoms with van der Waals surface area (Å²) in [5.41, 5.74) is 1.75. The van der Waals surface area contributed by atoms with E-state index < -0.39 is 0 Å². The Morgan fingerprint density at radius 3 is 3.10 bits per heavy atom. The molecule has 2 aliphatic rings. The molecule has 2 heterocycles. The summed E-state index contributed by atoms with van der Waals surface area (Å²) < 4.78 is 0. The van der Waals surface area contributed by atoms with Gasteiger partial charge in [-0.3, -0.25) is 9.59 Å². The summed E-state index contributed by atoms with van der Waals surface area (Å²) in [5.74, 6) is -0.145. The zero-order chi connectivity index (χ0) is 14.8. The van der Waals surface area contributed by atoms with Crippen LogP contribution in [0.25, 0.3) is 0 Å². The maximum absolute atomic E-state index is 12.1. The molecule has 3 N–H and O–H groups in total. The Morgan fingerprint density at radius 1 is 1.48 bits per heavy atom. The molecule has 1 aromatic rings. The molecule has 0 aromatic carbocycles. The standard InChI is InChI=1S/C14H16N4O2S/c15-6-10-9-2-1-3-11(9)21-14(10)17-13(20)8-18-5-4-16-12(19)7-18/h1-5,7-8H2,(H,16,19)(H,17,20)/p+1. The van der Waals surface area contributed by atoms with Crippen LogP contribution in [0.15, 0.2) is 0 Å². The van der Waals surface area contributed by atoms with Gasteiger partial charge in [0.05, 0.1) is 18.7 Å². The number of thiophene rings is 1. The third-order valence-electron chi connectivity index (χ3n) is 3.91. The monoisotopic (exact) mass is 305 g/mol. The number of rotatable bonds is 3. The molecular weight excluding hydrogens is 288 g/mol. The fourth-order valence-electron chi connectivity index (χ4n) is 2.92. The van der Waals surface area contributed by atoms with Crippen LogP contribution in [-0.4, -0.2) is 38.0 Å². The smallest absolute Gasteiger partial charge is 0.280 e. The lowest BCUT2D eigenvalue weighted by Gasteiger charge is -2.22. The highest BCUT2D eigenvalue weighted by atomic mass is 32.1. The quantitative estimate of drug-likeness (QED) is 0.674. The maximum atomic E-state index is 12.1. The van der Waals surface area contributed by atoms with Crippen LogP contribution in [0.2, 0.25) is 0 Å². The molecule has 110 valence electrons. The number of carbonyl (C=O) groups is 2. The zero-order valence-corrected chi connectivity index (χ0v) is 12.4. The largest absolute Gasteiger partial charge is 0.346 e. The second-order valence-electron chi connectivity index (χ2n) is 5.42. The van der Waals surface area contributed by atoms with Crippen molar-refractivity contribution in [2.75, 3.05) is 31.5 Å². The molecule has 1 aliphatic carbocycles. The van der Waals surface area contributed by atoms with Gasteiger partial charge < -0.3 is 15.5 Å². The number of fused-ring (bicyclic) bond motifs is 1. The molecule has 0 saturated carbocycles. The number of hydrogen-bond acceptors (Lipinski definition) is 4. The Kier molecular flexibility index (Phi) is 3.90. The van der Waals surface area contributed by atoms with E-state index in [4.69, 9.17) is 0 Å². The first-order chi connectivity index (χ1) is 10.2. The van der Waals surface area contributed by atoms with Gasteiger partial charge in [0.2, 0.25) is 0 Å². The van der Waals surface area contributed by atoms with Crippen LogP contribution in [-0.2, 0) is 22.4 Å². The van der Waals surface area contributed by atoms with Crippen molar-refractivity contribution >= 4 is 28.2 Å². The molecule has 0 radical (unpaired) electrons. The summed E-state index contributed by atoms with van der Waals surface area (Å²) in [6, 6.07) is 2.22. The summed E-state index contributed by atoms with van der Waals surface area (Å²) in [5, 5.41) is 15.6. The lowest BCUT2D eigenvalue weighted by molar-refractivity contribution is -0.885. The lowest BCUT2D eigenvalue weighted by Crippen LogP contribution is -3.16. The predicted molar refractivity (Wildman–Crippen MR) is 78.3 cm³/mol. The zero-order valence-electron chi connectivity index (χ0n) is 11.6. The molecule has 0 spiro atoms. The van der Waals surface area contributed by atoms with E-state index in [9.17, 15) is 14.9 Å². The normalized spacial score (nSPS) is 20.5. The van der Waals surface area contributed by atoms with E-state index in [2.05, 4.69) is 16.7 Å². The first-order valence-electron chi connectivity index (χ1n) is 7.12. The number of nitrogens with zero attached hydrogens (tertiary/aromatic N) is 1. The van der Waals surface area contributed by atoms with Crippen LogP contribution in [0.4, 0.5) is 5.00 Å². The summed E-state index contributed by atoms with van der Waals surface area (Å²) in [6.45, 7) is 1.96. The van der Waals surface area contributed by atoms with Crippen molar-refractivity contribution in [1.82, 2.24) is 5.32 Å². The van der Waals surface area contributed by atoms with Crippen molar-refractivity contribution < 1.29 is 14.5 Å². The van der Waals surface area contributed by atoms with Crippen molar-refractivity contribution in [3.05, 3.63) is 16.0 Å². The van der Waals surface area contributed by atoms with E-state index in [-0.39, 0.29) is 18.4 Å². The highest BCUT2D eigenvalue weighted by Gasteiger charge is 2.25. The van der Waals surface area contributed by atoms with Crippen LogP contribution in [0.5, 0.6) is 0 Å². The van der Waals surface area contributed by atoms with Gasteiger partial charge in [-0.25, -0.2) is 0 Å². The predicted octanol–water partition coefficient (Wildman–Crippen LogP) is -0.938. The van der Waals surface area contributed by atoms with Crippen molar-refractivity contribution in [3.63, 3.8) is 0 Å². The van der Waals surface area contributed by atoms with Gasteiger partial charge in [0.1, 0.15) is 11.1 Å². The van der Waals surface area contributed by atoms with Gasteiger partial charge in [-0.05, 0) is 24.8 Å². The number of amides is 2. The Hall–Kier alpha value is -1.91. The van der Waals surface area contributed by atoms with E-state index in [1.807, 2.05) is 0 Å². The first kappa shape index (κ1) is 14.0. The molecule has 1 unspecified atom stereocenters. The summed E-state index contributed by atoms with van der Waals surface area (Å²) >= 11 is 1.52. The minimum absolute atomic E-state index is 0.0168. The third kappa shape index (κ3) is 2.91. The van der Waals surface area contributed by atoms with Crippen LogP contribution < -0.4 is 15.5 Å². The number of nitriles is 1. The molecule has 21 heavy (non-hydrogen) atoms. The minimum Gasteiger partial charge on any atom is -0.346 e. The van der Waals surface area contributed by atoms with Gasteiger partial charge in [0.15, 0.2) is 13.1 Å². The fraction of sp³-hybridized carbons (Fsp3) is 0.500. The van der Waals surface area contributed by atoms with E-state index in [1.165, 1.54) is 16.2 Å². The van der Waals surface area contributed by atoms with Crippen LogP contribution in [0.1, 0.15) is 22.4 Å². The fourth-order valence-corrected chi connectivity index (χ4v) is 4.17. The van der Waals surface area contributed by atoms with Gasteiger partial charge in [0, 0.05) is 4.88 Å². The van der Waals surface area contributed by atoms with E-state index >= 15 is 0 Å². The van der Waals surface area contributed by atoms with Gasteiger partial charge >= 0.3 is 0 Å². The van der Waals surface area contributed by atoms with Crippen molar-refractivity contribution in [2.45, 2.75) is 19.3 Å². The van der Waals surface area contributed by atoms with Gasteiger partial charge in [-0.1, -0.05) is 0 Å². The van der Waals surface area contributed by atoms with E-state index in [0.717, 1.165) is 36.3 Å².